The van der Waals surface area contributed by atoms with E-state index in [1.54, 1.807) is 6.26 Å². The molecule has 0 spiro atoms. The van der Waals surface area contributed by atoms with Crippen LogP contribution >= 0.6 is 0 Å². The standard InChI is InChI=1S/C15H18N2O2/c16-13-8-6-12(7-9-13)3-1-5-15(18)17-11-14-4-2-10-19-14/h2,4,6-10H,1,3,5,11,16H2,(H,17,18). The maximum Gasteiger partial charge on any atom is 0.220 e. The van der Waals surface area contributed by atoms with Gasteiger partial charge in [0.2, 0.25) is 5.91 Å². The number of rotatable bonds is 6. The van der Waals surface area contributed by atoms with E-state index < -0.39 is 0 Å². The largest absolute Gasteiger partial charge is 0.467 e. The molecule has 1 heterocycles. The van der Waals surface area contributed by atoms with Gasteiger partial charge >= 0.3 is 0 Å². The van der Waals surface area contributed by atoms with Crippen LogP contribution in [0.15, 0.2) is 47.1 Å². The number of nitrogen functional groups attached to an aromatic ring is 1. The molecule has 19 heavy (non-hydrogen) atoms. The van der Waals surface area contributed by atoms with Crippen molar-refractivity contribution < 1.29 is 9.21 Å². The Morgan fingerprint density at radius 2 is 2.00 bits per heavy atom. The van der Waals surface area contributed by atoms with Crippen LogP contribution in [0.4, 0.5) is 5.69 Å². The summed E-state index contributed by atoms with van der Waals surface area (Å²) in [6.07, 6.45) is 3.83. The summed E-state index contributed by atoms with van der Waals surface area (Å²) in [5.74, 6) is 0.818. The number of benzene rings is 1. The van der Waals surface area contributed by atoms with E-state index in [9.17, 15) is 4.79 Å². The molecule has 0 saturated carbocycles. The highest BCUT2D eigenvalue weighted by Gasteiger charge is 2.03. The molecule has 0 aliphatic heterocycles. The molecule has 0 saturated heterocycles. The number of carbonyl (C=O) groups excluding carboxylic acids is 1. The van der Waals surface area contributed by atoms with Gasteiger partial charge in [-0.1, -0.05) is 12.1 Å². The fourth-order valence-electron chi connectivity index (χ4n) is 1.82. The van der Waals surface area contributed by atoms with Gasteiger partial charge in [-0.3, -0.25) is 4.79 Å². The number of furan rings is 1. The van der Waals surface area contributed by atoms with E-state index >= 15 is 0 Å². The van der Waals surface area contributed by atoms with Gasteiger partial charge in [-0.05, 0) is 42.7 Å². The third-order valence-electron chi connectivity index (χ3n) is 2.89. The number of hydrogen-bond donors (Lipinski definition) is 2. The van der Waals surface area contributed by atoms with Crippen LogP contribution in [-0.2, 0) is 17.8 Å². The molecule has 0 atom stereocenters. The second-order valence-electron chi connectivity index (χ2n) is 4.45. The van der Waals surface area contributed by atoms with E-state index in [0.717, 1.165) is 24.3 Å². The van der Waals surface area contributed by atoms with Crippen LogP contribution in [0.5, 0.6) is 0 Å². The van der Waals surface area contributed by atoms with Crippen molar-refractivity contribution in [3.05, 3.63) is 54.0 Å². The summed E-state index contributed by atoms with van der Waals surface area (Å²) in [4.78, 5) is 11.6. The first-order valence-corrected chi connectivity index (χ1v) is 6.37. The molecule has 0 aliphatic rings. The maximum absolute atomic E-state index is 11.6. The molecule has 3 N–H and O–H groups in total. The Hall–Kier alpha value is -2.23. The third kappa shape index (κ3) is 4.50. The van der Waals surface area contributed by atoms with Crippen molar-refractivity contribution in [3.8, 4) is 0 Å². The Balaban J connectivity index is 1.65. The average molecular weight is 258 g/mol. The lowest BCUT2D eigenvalue weighted by Gasteiger charge is -2.04. The van der Waals surface area contributed by atoms with Crippen molar-refractivity contribution in [2.45, 2.75) is 25.8 Å². The fourth-order valence-corrected chi connectivity index (χ4v) is 1.82. The van der Waals surface area contributed by atoms with Crippen LogP contribution < -0.4 is 11.1 Å². The van der Waals surface area contributed by atoms with Crippen molar-refractivity contribution in [3.63, 3.8) is 0 Å². The summed E-state index contributed by atoms with van der Waals surface area (Å²) >= 11 is 0. The Kier molecular flexibility index (Phi) is 4.61. The van der Waals surface area contributed by atoms with Crippen molar-refractivity contribution in [1.82, 2.24) is 5.32 Å². The number of anilines is 1. The highest BCUT2D eigenvalue weighted by Crippen LogP contribution is 2.08. The summed E-state index contributed by atoms with van der Waals surface area (Å²) in [5.41, 5.74) is 7.58. The van der Waals surface area contributed by atoms with Crippen molar-refractivity contribution in [2.75, 3.05) is 5.73 Å². The van der Waals surface area contributed by atoms with Crippen LogP contribution in [-0.4, -0.2) is 5.91 Å². The maximum atomic E-state index is 11.6. The number of nitrogens with one attached hydrogen (secondary N) is 1. The van der Waals surface area contributed by atoms with Gasteiger partial charge in [-0.2, -0.15) is 0 Å². The molecule has 4 heteroatoms. The molecule has 0 radical (unpaired) electrons. The van der Waals surface area contributed by atoms with E-state index in [4.69, 9.17) is 10.2 Å². The number of hydrogen-bond acceptors (Lipinski definition) is 3. The lowest BCUT2D eigenvalue weighted by atomic mass is 10.1. The molecule has 2 aromatic rings. The first-order chi connectivity index (χ1) is 9.24. The molecule has 4 nitrogen and oxygen atoms in total. The number of nitrogens with two attached hydrogens (primary N) is 1. The van der Waals surface area contributed by atoms with Gasteiger partial charge in [0, 0.05) is 12.1 Å². The third-order valence-corrected chi connectivity index (χ3v) is 2.89. The molecule has 1 aromatic heterocycles. The number of aryl methyl sites for hydroxylation is 1. The Bertz CT molecular complexity index is 503. The minimum absolute atomic E-state index is 0.0480. The van der Waals surface area contributed by atoms with Crippen molar-refractivity contribution in [1.29, 1.82) is 0 Å². The molecular weight excluding hydrogens is 240 g/mol. The average Bonchev–Trinajstić information content (AvgIpc) is 2.92. The smallest absolute Gasteiger partial charge is 0.220 e. The topological polar surface area (TPSA) is 68.3 Å². The van der Waals surface area contributed by atoms with E-state index in [1.165, 1.54) is 5.56 Å². The van der Waals surface area contributed by atoms with Gasteiger partial charge in [0.15, 0.2) is 0 Å². The minimum Gasteiger partial charge on any atom is -0.467 e. The molecule has 1 amide bonds. The molecule has 0 unspecified atom stereocenters. The zero-order chi connectivity index (χ0) is 13.5. The number of carbonyl (C=O) groups is 1. The van der Waals surface area contributed by atoms with Crippen LogP contribution in [0.1, 0.15) is 24.2 Å². The van der Waals surface area contributed by atoms with E-state index in [2.05, 4.69) is 5.32 Å². The van der Waals surface area contributed by atoms with E-state index in [-0.39, 0.29) is 5.91 Å². The quantitative estimate of drug-likeness (QED) is 0.782. The first kappa shape index (κ1) is 13.2. The summed E-state index contributed by atoms with van der Waals surface area (Å²) in [6, 6.07) is 11.4. The first-order valence-electron chi connectivity index (χ1n) is 6.37. The van der Waals surface area contributed by atoms with Gasteiger partial charge in [0.25, 0.3) is 0 Å². The van der Waals surface area contributed by atoms with Crippen LogP contribution in [0.25, 0.3) is 0 Å². The van der Waals surface area contributed by atoms with Crippen LogP contribution in [0.2, 0.25) is 0 Å². The molecule has 0 bridgehead atoms. The van der Waals surface area contributed by atoms with E-state index in [0.29, 0.717) is 13.0 Å². The van der Waals surface area contributed by atoms with Crippen LogP contribution in [0.3, 0.4) is 0 Å². The van der Waals surface area contributed by atoms with E-state index in [1.807, 2.05) is 36.4 Å². The zero-order valence-electron chi connectivity index (χ0n) is 10.8. The predicted octanol–water partition coefficient (Wildman–Crippen LogP) is 2.50. The molecule has 2 rings (SSSR count). The van der Waals surface area contributed by atoms with Gasteiger partial charge < -0.3 is 15.5 Å². The Labute approximate surface area is 112 Å². The second-order valence-corrected chi connectivity index (χ2v) is 4.45. The summed E-state index contributed by atoms with van der Waals surface area (Å²) < 4.78 is 5.14. The summed E-state index contributed by atoms with van der Waals surface area (Å²) in [5, 5.41) is 2.83. The number of amides is 1. The molecule has 1 aromatic carbocycles. The minimum atomic E-state index is 0.0480. The monoisotopic (exact) mass is 258 g/mol. The highest BCUT2D eigenvalue weighted by atomic mass is 16.3. The van der Waals surface area contributed by atoms with Crippen molar-refractivity contribution >= 4 is 11.6 Å². The molecule has 100 valence electrons. The zero-order valence-corrected chi connectivity index (χ0v) is 10.8. The van der Waals surface area contributed by atoms with Crippen LogP contribution in [0, 0.1) is 0 Å². The second kappa shape index (κ2) is 6.64. The SMILES string of the molecule is Nc1ccc(CCCC(=O)NCc2ccco2)cc1. The van der Waals surface area contributed by atoms with Gasteiger partial charge in [-0.25, -0.2) is 0 Å². The predicted molar refractivity (Wildman–Crippen MR) is 74.3 cm³/mol. The normalized spacial score (nSPS) is 10.3. The lowest BCUT2D eigenvalue weighted by molar-refractivity contribution is -0.121. The molecule has 0 aliphatic carbocycles. The van der Waals surface area contributed by atoms with Gasteiger partial charge in [-0.15, -0.1) is 0 Å². The molecule has 0 fully saturated rings. The highest BCUT2D eigenvalue weighted by molar-refractivity contribution is 5.75. The lowest BCUT2D eigenvalue weighted by Crippen LogP contribution is -2.22. The van der Waals surface area contributed by atoms with Gasteiger partial charge in [0.05, 0.1) is 12.8 Å². The fraction of sp³-hybridized carbons (Fsp3) is 0.267. The Morgan fingerprint density at radius 1 is 1.21 bits per heavy atom. The molecular formula is C15H18N2O2. The van der Waals surface area contributed by atoms with Gasteiger partial charge in [0.1, 0.15) is 5.76 Å². The summed E-state index contributed by atoms with van der Waals surface area (Å²) in [6.45, 7) is 0.452. The Morgan fingerprint density at radius 3 is 2.68 bits per heavy atom. The summed E-state index contributed by atoms with van der Waals surface area (Å²) in [7, 11) is 0. The van der Waals surface area contributed by atoms with Crippen molar-refractivity contribution in [2.24, 2.45) is 0 Å².